The SMILES string of the molecule is O=C(c1ccccc1)c1cc2cc(c1)C(=O)c1ccc(cc1)OCCOCCOCCOCCOCCOc1ccc(cc1)C2=O. The van der Waals surface area contributed by atoms with E-state index >= 15 is 0 Å². The Labute approximate surface area is 268 Å². The predicted octanol–water partition coefficient (Wildman–Crippen LogP) is 5.22. The van der Waals surface area contributed by atoms with Crippen LogP contribution in [0.25, 0.3) is 0 Å². The van der Waals surface area contributed by atoms with Crippen molar-refractivity contribution >= 4 is 17.3 Å². The van der Waals surface area contributed by atoms with Crippen molar-refractivity contribution in [3.05, 3.63) is 130 Å². The first kappa shape index (κ1) is 32.7. The number of hydrogen-bond donors (Lipinski definition) is 0. The predicted molar refractivity (Wildman–Crippen MR) is 170 cm³/mol. The van der Waals surface area contributed by atoms with E-state index in [2.05, 4.69) is 0 Å². The minimum Gasteiger partial charge on any atom is -0.491 e. The van der Waals surface area contributed by atoms with Gasteiger partial charge in [0.1, 0.15) is 24.7 Å². The molecular weight excluding hydrogens is 588 g/mol. The van der Waals surface area contributed by atoms with Gasteiger partial charge in [-0.25, -0.2) is 0 Å². The smallest absolute Gasteiger partial charge is 0.193 e. The van der Waals surface area contributed by atoms with Crippen molar-refractivity contribution < 1.29 is 42.8 Å². The quantitative estimate of drug-likeness (QED) is 0.278. The Hall–Kier alpha value is -4.67. The molecule has 0 fully saturated rings. The minimum absolute atomic E-state index is 0.226. The van der Waals surface area contributed by atoms with Crippen LogP contribution in [0, 0.1) is 0 Å². The highest BCUT2D eigenvalue weighted by Gasteiger charge is 2.20. The molecule has 4 aromatic carbocycles. The lowest BCUT2D eigenvalue weighted by atomic mass is 9.92. The first-order valence-electron chi connectivity index (χ1n) is 15.2. The number of hydrogen-bond acceptors (Lipinski definition) is 9. The minimum atomic E-state index is -0.327. The number of carbonyl (C=O) groups excluding carboxylic acids is 3. The molecule has 0 atom stereocenters. The van der Waals surface area contributed by atoms with E-state index in [4.69, 9.17) is 28.4 Å². The van der Waals surface area contributed by atoms with Crippen molar-refractivity contribution in [1.82, 2.24) is 0 Å². The first-order chi connectivity index (χ1) is 22.6. The van der Waals surface area contributed by atoms with E-state index in [0.29, 0.717) is 94.3 Å². The van der Waals surface area contributed by atoms with Crippen LogP contribution >= 0.6 is 0 Å². The molecule has 0 aromatic heterocycles. The summed E-state index contributed by atoms with van der Waals surface area (Å²) in [5.74, 6) is 0.218. The van der Waals surface area contributed by atoms with E-state index in [9.17, 15) is 14.4 Å². The topological polar surface area (TPSA) is 107 Å². The zero-order chi connectivity index (χ0) is 32.0. The Bertz CT molecular complexity index is 1490. The van der Waals surface area contributed by atoms with Gasteiger partial charge in [-0.15, -0.1) is 0 Å². The highest BCUT2D eigenvalue weighted by atomic mass is 16.6. The van der Waals surface area contributed by atoms with E-state index < -0.39 is 0 Å². The molecule has 238 valence electrons. The maximum Gasteiger partial charge on any atom is 0.193 e. The fourth-order valence-corrected chi connectivity index (χ4v) is 4.71. The molecule has 0 unspecified atom stereocenters. The number of carbonyl (C=O) groups is 3. The Balaban J connectivity index is 1.38. The molecule has 0 N–H and O–H groups in total. The average molecular weight is 625 g/mol. The van der Waals surface area contributed by atoms with Crippen molar-refractivity contribution in [2.24, 2.45) is 0 Å². The summed E-state index contributed by atoms with van der Waals surface area (Å²) in [5, 5.41) is 0. The monoisotopic (exact) mass is 624 g/mol. The maximum absolute atomic E-state index is 13.7. The van der Waals surface area contributed by atoms with Crippen molar-refractivity contribution in [3.8, 4) is 11.5 Å². The largest absolute Gasteiger partial charge is 0.491 e. The van der Waals surface area contributed by atoms with Gasteiger partial charge in [-0.3, -0.25) is 14.4 Å². The lowest BCUT2D eigenvalue weighted by molar-refractivity contribution is -0.00699. The van der Waals surface area contributed by atoms with Gasteiger partial charge in [0.25, 0.3) is 0 Å². The molecule has 3 heterocycles. The van der Waals surface area contributed by atoms with Gasteiger partial charge in [-0.1, -0.05) is 30.3 Å². The third-order valence-corrected chi connectivity index (χ3v) is 7.10. The van der Waals surface area contributed by atoms with E-state index in [1.165, 1.54) is 18.2 Å². The van der Waals surface area contributed by atoms with Crippen LogP contribution in [0.15, 0.2) is 97.1 Å². The number of rotatable bonds is 2. The zero-order valence-corrected chi connectivity index (χ0v) is 25.5. The summed E-state index contributed by atoms with van der Waals surface area (Å²) in [6.07, 6.45) is 0. The fourth-order valence-electron chi connectivity index (χ4n) is 4.71. The highest BCUT2D eigenvalue weighted by Crippen LogP contribution is 2.23. The van der Waals surface area contributed by atoms with Crippen LogP contribution in [0.3, 0.4) is 0 Å². The molecule has 6 bridgehead atoms. The van der Waals surface area contributed by atoms with E-state index in [-0.39, 0.29) is 34.0 Å². The van der Waals surface area contributed by atoms with Crippen molar-refractivity contribution in [3.63, 3.8) is 0 Å². The first-order valence-corrected chi connectivity index (χ1v) is 15.2. The number of ether oxygens (including phenoxy) is 6. The van der Waals surface area contributed by atoms with Gasteiger partial charge in [-0.2, -0.15) is 0 Å². The Morgan fingerprint density at radius 2 is 0.804 bits per heavy atom. The van der Waals surface area contributed by atoms with Gasteiger partial charge < -0.3 is 28.4 Å². The summed E-state index contributed by atoms with van der Waals surface area (Å²) in [6.45, 7) is 4.09. The lowest BCUT2D eigenvalue weighted by Gasteiger charge is -2.11. The highest BCUT2D eigenvalue weighted by molar-refractivity contribution is 6.17. The number of fused-ring (bicyclic) bond motifs is 2. The number of benzene rings is 4. The molecule has 0 spiro atoms. The van der Waals surface area contributed by atoms with Gasteiger partial charge in [-0.05, 0) is 66.7 Å². The fraction of sp³-hybridized carbons (Fsp3) is 0.270. The molecule has 3 aliphatic rings. The second-order valence-corrected chi connectivity index (χ2v) is 10.3. The van der Waals surface area contributed by atoms with Crippen molar-refractivity contribution in [2.45, 2.75) is 0 Å². The summed E-state index contributed by atoms with van der Waals surface area (Å²) in [5.41, 5.74) is 1.93. The molecule has 0 amide bonds. The summed E-state index contributed by atoms with van der Waals surface area (Å²) in [6, 6.07) is 26.8. The molecule has 3 aliphatic heterocycles. The summed E-state index contributed by atoms with van der Waals surface area (Å²) in [7, 11) is 0. The zero-order valence-electron chi connectivity index (χ0n) is 25.5. The average Bonchev–Trinajstić information content (AvgIpc) is 3.11. The normalized spacial score (nSPS) is 16.0. The molecule has 9 heteroatoms. The molecule has 0 aliphatic carbocycles. The Morgan fingerprint density at radius 3 is 1.22 bits per heavy atom. The van der Waals surface area contributed by atoms with Crippen LogP contribution in [0.5, 0.6) is 11.5 Å². The van der Waals surface area contributed by atoms with Gasteiger partial charge in [0.15, 0.2) is 17.3 Å². The van der Waals surface area contributed by atoms with Crippen molar-refractivity contribution in [2.75, 3.05) is 66.1 Å². The molecular formula is C37H36O9. The van der Waals surface area contributed by atoms with Crippen LogP contribution in [0.2, 0.25) is 0 Å². The summed E-state index contributed by atoms with van der Waals surface area (Å²) in [4.78, 5) is 40.7. The third kappa shape index (κ3) is 9.42. The lowest BCUT2D eigenvalue weighted by Crippen LogP contribution is -2.14. The van der Waals surface area contributed by atoms with Gasteiger partial charge >= 0.3 is 0 Å². The van der Waals surface area contributed by atoms with Gasteiger partial charge in [0, 0.05) is 33.4 Å². The molecule has 46 heavy (non-hydrogen) atoms. The number of ketones is 3. The second kappa shape index (κ2) is 17.1. The summed E-state index contributed by atoms with van der Waals surface area (Å²) < 4.78 is 33.6. The standard InChI is InChI=1S/C37H36O9/c38-35(27-4-2-1-3-5-27)30-24-31-26-32(25-30)37(40)29-8-12-34(13-9-29)46-23-21-44-19-17-42-15-14-41-16-18-43-20-22-45-33-10-6-28(7-11-33)36(31)39/h1-13,24-26H,14-23H2. The molecule has 9 nitrogen and oxygen atoms in total. The van der Waals surface area contributed by atoms with Crippen LogP contribution in [-0.2, 0) is 18.9 Å². The molecule has 7 rings (SSSR count). The van der Waals surface area contributed by atoms with Crippen molar-refractivity contribution in [1.29, 1.82) is 0 Å². The van der Waals surface area contributed by atoms with Crippen LogP contribution in [0.4, 0.5) is 0 Å². The Morgan fingerprint density at radius 1 is 0.413 bits per heavy atom. The van der Waals surface area contributed by atoms with E-state index in [0.717, 1.165) is 0 Å². The van der Waals surface area contributed by atoms with Gasteiger partial charge in [0.05, 0.1) is 52.9 Å². The van der Waals surface area contributed by atoms with Crippen LogP contribution < -0.4 is 9.47 Å². The van der Waals surface area contributed by atoms with E-state index in [1.807, 2.05) is 6.07 Å². The van der Waals surface area contributed by atoms with E-state index in [1.54, 1.807) is 72.8 Å². The molecule has 0 saturated heterocycles. The third-order valence-electron chi connectivity index (χ3n) is 7.10. The second-order valence-electron chi connectivity index (χ2n) is 10.3. The molecule has 0 radical (unpaired) electrons. The molecule has 4 aromatic rings. The Kier molecular flexibility index (Phi) is 12.2. The van der Waals surface area contributed by atoms with Crippen LogP contribution in [0.1, 0.15) is 47.8 Å². The van der Waals surface area contributed by atoms with Crippen LogP contribution in [-0.4, -0.2) is 83.4 Å². The summed E-state index contributed by atoms with van der Waals surface area (Å²) >= 11 is 0. The molecule has 0 saturated carbocycles. The van der Waals surface area contributed by atoms with Gasteiger partial charge in [0.2, 0.25) is 0 Å². The maximum atomic E-state index is 13.7.